The Balaban J connectivity index is 1.99. The largest absolute Gasteiger partial charge is 0.452 e. The van der Waals surface area contributed by atoms with Crippen LogP contribution in [0.2, 0.25) is 5.02 Å². The van der Waals surface area contributed by atoms with Crippen molar-refractivity contribution in [2.45, 2.75) is 26.7 Å². The first-order valence-corrected chi connectivity index (χ1v) is 7.55. The first kappa shape index (κ1) is 17.9. The molecule has 1 heterocycles. The van der Waals surface area contributed by atoms with Gasteiger partial charge in [-0.2, -0.15) is 0 Å². The van der Waals surface area contributed by atoms with Crippen molar-refractivity contribution in [2.75, 3.05) is 11.9 Å². The number of nitrogens with zero attached hydrogens (tertiary/aromatic N) is 1. The molecule has 0 aliphatic heterocycles. The zero-order chi connectivity index (χ0) is 17.9. The lowest BCUT2D eigenvalue weighted by Crippen LogP contribution is -2.21. The molecule has 0 aliphatic carbocycles. The van der Waals surface area contributed by atoms with Gasteiger partial charge in [0, 0.05) is 5.92 Å². The highest BCUT2D eigenvalue weighted by atomic mass is 35.5. The Morgan fingerprint density at radius 2 is 2.12 bits per heavy atom. The molecule has 0 unspecified atom stereocenters. The van der Waals surface area contributed by atoms with Gasteiger partial charge in [0.1, 0.15) is 11.4 Å². The molecule has 0 spiro atoms. The van der Waals surface area contributed by atoms with Crippen molar-refractivity contribution in [1.82, 2.24) is 5.16 Å². The number of carbonyl (C=O) groups is 2. The van der Waals surface area contributed by atoms with E-state index >= 15 is 0 Å². The van der Waals surface area contributed by atoms with Crippen LogP contribution in [0.4, 0.5) is 10.1 Å². The topological polar surface area (TPSA) is 81.4 Å². The first-order chi connectivity index (χ1) is 11.3. The van der Waals surface area contributed by atoms with Gasteiger partial charge in [-0.15, -0.1) is 0 Å². The van der Waals surface area contributed by atoms with E-state index in [1.165, 1.54) is 6.07 Å². The summed E-state index contributed by atoms with van der Waals surface area (Å²) in [4.78, 5) is 24.0. The molecule has 2 rings (SSSR count). The van der Waals surface area contributed by atoms with Crippen molar-refractivity contribution in [3.8, 4) is 0 Å². The number of nitrogens with one attached hydrogen (secondary N) is 1. The lowest BCUT2D eigenvalue weighted by molar-refractivity contribution is -0.119. The summed E-state index contributed by atoms with van der Waals surface area (Å²) in [5, 5.41) is 6.23. The normalized spacial score (nSPS) is 10.8. The number of benzene rings is 1. The number of esters is 1. The summed E-state index contributed by atoms with van der Waals surface area (Å²) >= 11 is 5.81. The Kier molecular flexibility index (Phi) is 5.56. The fourth-order valence-electron chi connectivity index (χ4n) is 2.01. The van der Waals surface area contributed by atoms with E-state index in [2.05, 4.69) is 10.5 Å². The van der Waals surface area contributed by atoms with Gasteiger partial charge in [-0.3, -0.25) is 4.79 Å². The maximum Gasteiger partial charge on any atom is 0.344 e. The molecule has 128 valence electrons. The van der Waals surface area contributed by atoms with Crippen molar-refractivity contribution in [3.05, 3.63) is 46.1 Å². The molecule has 1 aromatic carbocycles. The minimum Gasteiger partial charge on any atom is -0.452 e. The van der Waals surface area contributed by atoms with Gasteiger partial charge in [-0.1, -0.05) is 30.6 Å². The molecule has 2 aromatic rings. The van der Waals surface area contributed by atoms with Crippen molar-refractivity contribution < 1.29 is 23.2 Å². The van der Waals surface area contributed by atoms with Crippen LogP contribution < -0.4 is 5.32 Å². The Bertz CT molecular complexity index is 773. The molecule has 0 bridgehead atoms. The zero-order valence-electron chi connectivity index (χ0n) is 13.4. The first-order valence-electron chi connectivity index (χ1n) is 7.17. The third-order valence-electron chi connectivity index (χ3n) is 3.16. The second kappa shape index (κ2) is 7.44. The Morgan fingerprint density at radius 1 is 1.42 bits per heavy atom. The number of hydrogen-bond donors (Lipinski definition) is 1. The number of aryl methyl sites for hydroxylation is 1. The zero-order valence-corrected chi connectivity index (χ0v) is 14.1. The van der Waals surface area contributed by atoms with E-state index in [1.54, 1.807) is 6.92 Å². The van der Waals surface area contributed by atoms with Crippen LogP contribution >= 0.6 is 11.6 Å². The number of amides is 1. The van der Waals surface area contributed by atoms with Crippen LogP contribution in [0, 0.1) is 12.7 Å². The number of halogens is 2. The van der Waals surface area contributed by atoms with Gasteiger partial charge >= 0.3 is 5.97 Å². The number of ether oxygens (including phenoxy) is 1. The van der Waals surface area contributed by atoms with Crippen molar-refractivity contribution in [1.29, 1.82) is 0 Å². The summed E-state index contributed by atoms with van der Waals surface area (Å²) in [5.41, 5.74) is 0.839. The highest BCUT2D eigenvalue weighted by Gasteiger charge is 2.24. The molecule has 0 aliphatic rings. The smallest absolute Gasteiger partial charge is 0.344 e. The van der Waals surface area contributed by atoms with Gasteiger partial charge in [0.2, 0.25) is 0 Å². The number of anilines is 1. The van der Waals surface area contributed by atoms with Crippen LogP contribution in [0.15, 0.2) is 22.7 Å². The molecule has 0 radical (unpaired) electrons. The minimum atomic E-state index is -0.696. The average Bonchev–Trinajstić information content (AvgIpc) is 2.90. The SMILES string of the molecule is Cc1noc(C(C)C)c1C(=O)OCC(=O)Nc1ccc(F)cc1Cl. The van der Waals surface area contributed by atoms with Gasteiger partial charge in [0.25, 0.3) is 5.91 Å². The van der Waals surface area contributed by atoms with E-state index in [0.29, 0.717) is 11.5 Å². The maximum absolute atomic E-state index is 13.0. The molecular weight excluding hydrogens is 339 g/mol. The third-order valence-corrected chi connectivity index (χ3v) is 3.47. The molecule has 0 fully saturated rings. The molecular formula is C16H16ClFN2O4. The van der Waals surface area contributed by atoms with Crippen molar-refractivity contribution in [2.24, 2.45) is 0 Å². The monoisotopic (exact) mass is 354 g/mol. The van der Waals surface area contributed by atoms with Crippen LogP contribution in [-0.4, -0.2) is 23.6 Å². The van der Waals surface area contributed by atoms with Gasteiger partial charge < -0.3 is 14.6 Å². The summed E-state index contributed by atoms with van der Waals surface area (Å²) in [5.74, 6) is -1.47. The van der Waals surface area contributed by atoms with Gasteiger partial charge in [-0.25, -0.2) is 9.18 Å². The summed E-state index contributed by atoms with van der Waals surface area (Å²) in [6.45, 7) is 4.79. The summed E-state index contributed by atoms with van der Waals surface area (Å²) in [7, 11) is 0. The van der Waals surface area contributed by atoms with Gasteiger partial charge in [0.15, 0.2) is 12.4 Å². The van der Waals surface area contributed by atoms with E-state index in [9.17, 15) is 14.0 Å². The Labute approximate surface area is 142 Å². The quantitative estimate of drug-likeness (QED) is 0.828. The van der Waals surface area contributed by atoms with Crippen LogP contribution in [0.3, 0.4) is 0 Å². The minimum absolute atomic E-state index is 0.0478. The fraction of sp³-hybridized carbons (Fsp3) is 0.312. The number of aromatic nitrogens is 1. The van der Waals surface area contributed by atoms with E-state index in [1.807, 2.05) is 13.8 Å². The second-order valence-corrected chi connectivity index (χ2v) is 5.82. The van der Waals surface area contributed by atoms with E-state index in [-0.39, 0.29) is 22.2 Å². The van der Waals surface area contributed by atoms with Crippen molar-refractivity contribution in [3.63, 3.8) is 0 Å². The second-order valence-electron chi connectivity index (χ2n) is 5.41. The van der Waals surface area contributed by atoms with Crippen LogP contribution in [0.5, 0.6) is 0 Å². The lowest BCUT2D eigenvalue weighted by Gasteiger charge is -2.09. The molecule has 0 saturated heterocycles. The summed E-state index contributed by atoms with van der Waals surface area (Å²) < 4.78 is 23.0. The predicted molar refractivity (Wildman–Crippen MR) is 85.7 cm³/mol. The average molecular weight is 355 g/mol. The van der Waals surface area contributed by atoms with Gasteiger partial charge in [-0.05, 0) is 25.1 Å². The highest BCUT2D eigenvalue weighted by molar-refractivity contribution is 6.33. The molecule has 1 amide bonds. The maximum atomic E-state index is 13.0. The fourth-order valence-corrected chi connectivity index (χ4v) is 2.22. The molecule has 6 nitrogen and oxygen atoms in total. The number of carbonyl (C=O) groups excluding carboxylic acids is 2. The molecule has 24 heavy (non-hydrogen) atoms. The van der Waals surface area contributed by atoms with Crippen LogP contribution in [0.25, 0.3) is 0 Å². The van der Waals surface area contributed by atoms with Crippen molar-refractivity contribution >= 4 is 29.2 Å². The third kappa shape index (κ3) is 4.11. The Morgan fingerprint density at radius 3 is 2.75 bits per heavy atom. The molecule has 1 aromatic heterocycles. The summed E-state index contributed by atoms with van der Waals surface area (Å²) in [6.07, 6.45) is 0. The van der Waals surface area contributed by atoms with E-state index in [0.717, 1.165) is 12.1 Å². The number of hydrogen-bond acceptors (Lipinski definition) is 5. The molecule has 8 heteroatoms. The number of rotatable bonds is 5. The standard InChI is InChI=1S/C16H16ClFN2O4/c1-8(2)15-14(9(3)20-24-15)16(22)23-7-13(21)19-12-5-4-10(18)6-11(12)17/h4-6,8H,7H2,1-3H3,(H,19,21). The Hall–Kier alpha value is -2.41. The van der Waals surface area contributed by atoms with Crippen LogP contribution in [0.1, 0.15) is 41.6 Å². The summed E-state index contributed by atoms with van der Waals surface area (Å²) in [6, 6.07) is 3.54. The van der Waals surface area contributed by atoms with E-state index < -0.39 is 24.3 Å². The predicted octanol–water partition coefficient (Wildman–Crippen LogP) is 3.69. The molecule has 1 N–H and O–H groups in total. The highest BCUT2D eigenvalue weighted by Crippen LogP contribution is 2.24. The van der Waals surface area contributed by atoms with E-state index in [4.69, 9.17) is 20.9 Å². The van der Waals surface area contributed by atoms with Crippen LogP contribution in [-0.2, 0) is 9.53 Å². The molecule has 0 atom stereocenters. The van der Waals surface area contributed by atoms with Gasteiger partial charge in [0.05, 0.1) is 16.4 Å². The molecule has 0 saturated carbocycles. The lowest BCUT2D eigenvalue weighted by atomic mass is 10.1.